The van der Waals surface area contributed by atoms with E-state index in [9.17, 15) is 0 Å². The summed E-state index contributed by atoms with van der Waals surface area (Å²) in [6.07, 6.45) is 1.75. The first-order valence-corrected chi connectivity index (χ1v) is 2.28. The van der Waals surface area contributed by atoms with Crippen molar-refractivity contribution >= 4 is 6.21 Å². The van der Waals surface area contributed by atoms with Crippen molar-refractivity contribution in [2.45, 2.75) is 20.8 Å². The second kappa shape index (κ2) is 53.5. The molecule has 1 nitrogen and oxygen atoms in total. The van der Waals surface area contributed by atoms with E-state index < -0.39 is 0 Å². The number of nitrogens with zero attached hydrogens (tertiary/aromatic N) is 1. The third-order valence-corrected chi connectivity index (χ3v) is 0.258. The maximum atomic E-state index is 3.61. The Morgan fingerprint density at radius 3 is 1.38 bits per heavy atom. The molecule has 0 aromatic heterocycles. The summed E-state index contributed by atoms with van der Waals surface area (Å²) in [4.78, 5) is 3.61. The molecular weight excluding hydrogens is 270 g/mol. The second-order valence-electron chi connectivity index (χ2n) is 0.516. The third kappa shape index (κ3) is 98.9. The van der Waals surface area contributed by atoms with Gasteiger partial charge in [-0.25, -0.2) is 0 Å². The van der Waals surface area contributed by atoms with Gasteiger partial charge in [0, 0.05) is 28.1 Å². The Morgan fingerprint density at radius 2 is 1.38 bits per heavy atom. The zero-order valence-electron chi connectivity index (χ0n) is 6.43. The topological polar surface area (TPSA) is 12.4 Å². The van der Waals surface area contributed by atoms with Crippen LogP contribution in [0.5, 0.6) is 0 Å². The Balaban J connectivity index is -0.0000000183. The standard InChI is InChI=1S/C3H7N.C2H6.CH3.W/c1-3-4-2;1-2;;/h3H,1-2H3;1-2H3;1H3;/q;;-1;. The van der Waals surface area contributed by atoms with Crippen LogP contribution < -0.4 is 0 Å². The van der Waals surface area contributed by atoms with E-state index in [4.69, 9.17) is 0 Å². The fraction of sp³-hybridized carbons (Fsp3) is 0.667. The molecule has 0 saturated carbocycles. The molecule has 0 aromatic rings. The van der Waals surface area contributed by atoms with Crippen LogP contribution in [0.15, 0.2) is 4.99 Å². The maximum absolute atomic E-state index is 3.61. The summed E-state index contributed by atoms with van der Waals surface area (Å²) in [5.74, 6) is 0. The van der Waals surface area contributed by atoms with E-state index in [1.54, 1.807) is 13.3 Å². The molecule has 0 saturated heterocycles. The van der Waals surface area contributed by atoms with Gasteiger partial charge in [0.15, 0.2) is 0 Å². The number of rotatable bonds is 0. The van der Waals surface area contributed by atoms with E-state index in [-0.39, 0.29) is 28.5 Å². The van der Waals surface area contributed by atoms with Gasteiger partial charge < -0.3 is 12.4 Å². The van der Waals surface area contributed by atoms with Gasteiger partial charge in [0.2, 0.25) is 0 Å². The van der Waals surface area contributed by atoms with Crippen LogP contribution in [0.2, 0.25) is 0 Å². The zero-order chi connectivity index (χ0) is 5.41. The first kappa shape index (κ1) is 23.8. The summed E-state index contributed by atoms with van der Waals surface area (Å²) in [5, 5.41) is 0. The molecule has 0 spiro atoms. The molecule has 0 unspecified atom stereocenters. The first-order valence-electron chi connectivity index (χ1n) is 2.28. The van der Waals surface area contributed by atoms with E-state index in [2.05, 4.69) is 4.99 Å². The Labute approximate surface area is 67.9 Å². The van der Waals surface area contributed by atoms with Gasteiger partial charge in [-0.2, -0.15) is 0 Å². The predicted molar refractivity (Wildman–Crippen MR) is 37.9 cm³/mol. The Morgan fingerprint density at radius 1 is 1.25 bits per heavy atom. The largest absolute Gasteiger partial charge is 0.358 e. The maximum Gasteiger partial charge on any atom is 0.0273 e. The van der Waals surface area contributed by atoms with E-state index in [1.807, 2.05) is 20.8 Å². The van der Waals surface area contributed by atoms with Gasteiger partial charge in [0.25, 0.3) is 0 Å². The Bertz CT molecular complexity index is 23.7. The molecule has 0 heterocycles. The smallest absolute Gasteiger partial charge is 0.0273 e. The van der Waals surface area contributed by atoms with E-state index in [0.29, 0.717) is 0 Å². The summed E-state index contributed by atoms with van der Waals surface area (Å²) in [6.45, 7) is 5.89. The molecule has 0 aliphatic carbocycles. The summed E-state index contributed by atoms with van der Waals surface area (Å²) in [7, 11) is 1.75. The zero-order valence-corrected chi connectivity index (χ0v) is 9.37. The van der Waals surface area contributed by atoms with Gasteiger partial charge >= 0.3 is 0 Å². The molecule has 0 aromatic carbocycles. The van der Waals surface area contributed by atoms with E-state index >= 15 is 0 Å². The van der Waals surface area contributed by atoms with Crippen LogP contribution in [0.4, 0.5) is 0 Å². The van der Waals surface area contributed by atoms with Crippen LogP contribution >= 0.6 is 0 Å². The Hall–Kier alpha value is 0.358. The fourth-order valence-corrected chi connectivity index (χ4v) is 0. The molecule has 0 amide bonds. The van der Waals surface area contributed by atoms with Crippen molar-refractivity contribution in [2.24, 2.45) is 4.99 Å². The molecule has 0 bridgehead atoms. The van der Waals surface area contributed by atoms with Gasteiger partial charge in [-0.05, 0) is 13.1 Å². The van der Waals surface area contributed by atoms with Crippen LogP contribution in [0.3, 0.4) is 0 Å². The fourth-order valence-electron chi connectivity index (χ4n) is 0. The molecule has 0 fully saturated rings. The van der Waals surface area contributed by atoms with Crippen molar-refractivity contribution in [3.05, 3.63) is 7.43 Å². The monoisotopic (exact) mass is 286 g/mol. The average Bonchev–Trinajstić information content (AvgIpc) is 1.72. The van der Waals surface area contributed by atoms with Crippen molar-refractivity contribution in [1.82, 2.24) is 0 Å². The molecule has 0 radical (unpaired) electrons. The minimum Gasteiger partial charge on any atom is -0.358 e. The van der Waals surface area contributed by atoms with Crippen LogP contribution in [0.25, 0.3) is 0 Å². The predicted octanol–water partition coefficient (Wildman–Crippen LogP) is 2.18. The van der Waals surface area contributed by atoms with Crippen molar-refractivity contribution in [1.29, 1.82) is 0 Å². The molecular formula is C6H16NW-. The minimum atomic E-state index is 0. The molecule has 0 rings (SSSR count). The average molecular weight is 286 g/mol. The van der Waals surface area contributed by atoms with Crippen LogP contribution in [-0.2, 0) is 21.1 Å². The number of hydrogen-bond acceptors (Lipinski definition) is 1. The van der Waals surface area contributed by atoms with Gasteiger partial charge in [0.1, 0.15) is 0 Å². The second-order valence-corrected chi connectivity index (χ2v) is 0.516. The van der Waals surface area contributed by atoms with Gasteiger partial charge in [-0.3, -0.25) is 0 Å². The summed E-state index contributed by atoms with van der Waals surface area (Å²) < 4.78 is 0. The molecule has 2 heteroatoms. The normalized spacial score (nSPS) is 5.50. The minimum absolute atomic E-state index is 0. The number of hydrogen-bond donors (Lipinski definition) is 0. The quantitative estimate of drug-likeness (QED) is 0.478. The molecule has 0 atom stereocenters. The van der Waals surface area contributed by atoms with Crippen molar-refractivity contribution in [3.8, 4) is 0 Å². The van der Waals surface area contributed by atoms with Crippen LogP contribution in [0.1, 0.15) is 20.8 Å². The molecule has 8 heavy (non-hydrogen) atoms. The number of aliphatic imine (C=N–C) groups is 1. The summed E-state index contributed by atoms with van der Waals surface area (Å²) in [5.41, 5.74) is 0. The SMILES string of the molecule is CC.CC=NC.[CH3-].[W]. The molecule has 0 aliphatic rings. The van der Waals surface area contributed by atoms with Crippen molar-refractivity contribution in [3.63, 3.8) is 0 Å². The van der Waals surface area contributed by atoms with Gasteiger partial charge in [0.05, 0.1) is 0 Å². The van der Waals surface area contributed by atoms with E-state index in [1.165, 1.54) is 0 Å². The molecule has 52 valence electrons. The van der Waals surface area contributed by atoms with Crippen molar-refractivity contribution in [2.75, 3.05) is 7.05 Å². The van der Waals surface area contributed by atoms with Gasteiger partial charge in [-0.1, -0.05) is 13.8 Å². The van der Waals surface area contributed by atoms with Crippen LogP contribution in [0, 0.1) is 7.43 Å². The summed E-state index contributed by atoms with van der Waals surface area (Å²) >= 11 is 0. The summed E-state index contributed by atoms with van der Waals surface area (Å²) in [6, 6.07) is 0. The molecule has 0 N–H and O–H groups in total. The van der Waals surface area contributed by atoms with Crippen molar-refractivity contribution < 1.29 is 21.1 Å². The van der Waals surface area contributed by atoms with Crippen LogP contribution in [-0.4, -0.2) is 13.3 Å². The first-order chi connectivity index (χ1) is 2.91. The van der Waals surface area contributed by atoms with Gasteiger partial charge in [-0.15, -0.1) is 0 Å². The Kier molecular flexibility index (Phi) is 159. The van der Waals surface area contributed by atoms with E-state index in [0.717, 1.165) is 0 Å². The third-order valence-electron chi connectivity index (χ3n) is 0.258. The molecule has 0 aliphatic heterocycles.